The Labute approximate surface area is 190 Å². The fourth-order valence-corrected chi connectivity index (χ4v) is 4.23. The topological polar surface area (TPSA) is 49.9 Å². The summed E-state index contributed by atoms with van der Waals surface area (Å²) in [4.78, 5) is 30.5. The van der Waals surface area contributed by atoms with E-state index in [1.54, 1.807) is 0 Å². The molecule has 32 heavy (non-hydrogen) atoms. The normalized spacial score (nSPS) is 17.0. The van der Waals surface area contributed by atoms with Crippen LogP contribution in [0.2, 0.25) is 0 Å². The number of carbonyl (C=O) groups is 2. The van der Waals surface area contributed by atoms with Crippen molar-refractivity contribution in [3.8, 4) is 5.75 Å². The molecule has 0 N–H and O–H groups in total. The van der Waals surface area contributed by atoms with Crippen molar-refractivity contribution in [1.29, 1.82) is 0 Å². The highest BCUT2D eigenvalue weighted by molar-refractivity contribution is 6.35. The van der Waals surface area contributed by atoms with Crippen LogP contribution in [0.1, 0.15) is 49.8 Å². The second-order valence-corrected chi connectivity index (χ2v) is 9.18. The standard InChI is InChI=1S/C27H32N2O3/c1-19(2)18-32-23-13-11-22(12-14-23)24-25(28-15-5-4-6-16-28)27(31)29(26(24)30)17-21-9-7-20(3)8-10-21/h7-14,19H,4-6,15-18H2,1-3H3. The molecule has 0 saturated carbocycles. The molecule has 2 heterocycles. The first-order chi connectivity index (χ1) is 15.4. The second kappa shape index (κ2) is 9.60. The number of carbonyl (C=O) groups excluding carboxylic acids is 2. The van der Waals surface area contributed by atoms with Gasteiger partial charge in [0.15, 0.2) is 0 Å². The maximum absolute atomic E-state index is 13.5. The lowest BCUT2D eigenvalue weighted by Crippen LogP contribution is -2.36. The van der Waals surface area contributed by atoms with E-state index in [-0.39, 0.29) is 18.4 Å². The highest BCUT2D eigenvalue weighted by Gasteiger charge is 2.41. The Hall–Kier alpha value is -3.08. The van der Waals surface area contributed by atoms with Crippen LogP contribution < -0.4 is 4.74 Å². The number of rotatable bonds is 7. The lowest BCUT2D eigenvalue weighted by atomic mass is 10.0. The van der Waals surface area contributed by atoms with Gasteiger partial charge in [0.05, 0.1) is 18.7 Å². The molecule has 2 aliphatic heterocycles. The Kier molecular flexibility index (Phi) is 6.63. The van der Waals surface area contributed by atoms with Crippen LogP contribution in [0.5, 0.6) is 5.75 Å². The first kappa shape index (κ1) is 22.1. The predicted molar refractivity (Wildman–Crippen MR) is 126 cm³/mol. The van der Waals surface area contributed by atoms with Crippen LogP contribution in [0.25, 0.3) is 5.57 Å². The van der Waals surface area contributed by atoms with Crippen LogP contribution in [-0.2, 0) is 16.1 Å². The summed E-state index contributed by atoms with van der Waals surface area (Å²) in [5.74, 6) is 0.808. The number of nitrogens with zero attached hydrogens (tertiary/aromatic N) is 2. The second-order valence-electron chi connectivity index (χ2n) is 9.18. The molecule has 0 radical (unpaired) electrons. The Bertz CT molecular complexity index is 1000. The summed E-state index contributed by atoms with van der Waals surface area (Å²) < 4.78 is 5.80. The minimum Gasteiger partial charge on any atom is -0.493 e. The van der Waals surface area contributed by atoms with E-state index in [1.165, 1.54) is 4.90 Å². The van der Waals surface area contributed by atoms with Crippen molar-refractivity contribution in [2.45, 2.75) is 46.6 Å². The number of benzene rings is 2. The quantitative estimate of drug-likeness (QED) is 0.590. The lowest BCUT2D eigenvalue weighted by Gasteiger charge is -2.29. The van der Waals surface area contributed by atoms with E-state index in [4.69, 9.17) is 4.74 Å². The van der Waals surface area contributed by atoms with E-state index in [1.807, 2.05) is 55.5 Å². The monoisotopic (exact) mass is 432 g/mol. The fourth-order valence-electron chi connectivity index (χ4n) is 4.23. The summed E-state index contributed by atoms with van der Waals surface area (Å²) in [5.41, 5.74) is 3.94. The molecule has 2 aromatic rings. The molecule has 1 saturated heterocycles. The lowest BCUT2D eigenvalue weighted by molar-refractivity contribution is -0.138. The minimum absolute atomic E-state index is 0.187. The van der Waals surface area contributed by atoms with Crippen molar-refractivity contribution in [3.05, 3.63) is 70.9 Å². The van der Waals surface area contributed by atoms with E-state index in [0.29, 0.717) is 23.8 Å². The van der Waals surface area contributed by atoms with Gasteiger partial charge in [0.25, 0.3) is 11.8 Å². The number of imide groups is 1. The summed E-state index contributed by atoms with van der Waals surface area (Å²) >= 11 is 0. The summed E-state index contributed by atoms with van der Waals surface area (Å²) in [7, 11) is 0. The SMILES string of the molecule is Cc1ccc(CN2C(=O)C(c3ccc(OCC(C)C)cc3)=C(N3CCCCC3)C2=O)cc1. The third-order valence-corrected chi connectivity index (χ3v) is 6.00. The first-order valence-corrected chi connectivity index (χ1v) is 11.6. The summed E-state index contributed by atoms with van der Waals surface area (Å²) in [6.45, 7) is 8.79. The van der Waals surface area contributed by atoms with Gasteiger partial charge in [-0.1, -0.05) is 55.8 Å². The molecule has 0 bridgehead atoms. The maximum Gasteiger partial charge on any atom is 0.278 e. The van der Waals surface area contributed by atoms with Crippen molar-refractivity contribution in [1.82, 2.24) is 9.80 Å². The average molecular weight is 433 g/mol. The number of hydrogen-bond donors (Lipinski definition) is 0. The van der Waals surface area contributed by atoms with E-state index < -0.39 is 0 Å². The summed E-state index contributed by atoms with van der Waals surface area (Å²) in [6.07, 6.45) is 3.24. The van der Waals surface area contributed by atoms with Gasteiger partial charge in [-0.3, -0.25) is 14.5 Å². The van der Waals surface area contributed by atoms with E-state index >= 15 is 0 Å². The molecule has 0 atom stereocenters. The van der Waals surface area contributed by atoms with Gasteiger partial charge in [-0.05, 0) is 55.4 Å². The summed E-state index contributed by atoms with van der Waals surface area (Å²) in [5, 5.41) is 0. The molecule has 0 aliphatic carbocycles. The highest BCUT2D eigenvalue weighted by Crippen LogP contribution is 2.34. The fraction of sp³-hybridized carbons (Fsp3) is 0.407. The van der Waals surface area contributed by atoms with Crippen molar-refractivity contribution < 1.29 is 14.3 Å². The molecule has 5 nitrogen and oxygen atoms in total. The molecular weight excluding hydrogens is 400 g/mol. The van der Waals surface area contributed by atoms with Gasteiger partial charge in [0, 0.05) is 13.1 Å². The Morgan fingerprint density at radius 3 is 2.16 bits per heavy atom. The predicted octanol–water partition coefficient (Wildman–Crippen LogP) is 4.80. The molecule has 5 heteroatoms. The molecule has 1 fully saturated rings. The van der Waals surface area contributed by atoms with Gasteiger partial charge in [0.2, 0.25) is 0 Å². The number of likely N-dealkylation sites (tertiary alicyclic amines) is 1. The zero-order chi connectivity index (χ0) is 22.7. The molecule has 2 aliphatic rings. The van der Waals surface area contributed by atoms with Gasteiger partial charge in [-0.2, -0.15) is 0 Å². The smallest absolute Gasteiger partial charge is 0.278 e. The molecule has 168 valence electrons. The molecule has 2 aromatic carbocycles. The Balaban J connectivity index is 1.65. The number of ether oxygens (including phenoxy) is 1. The molecule has 0 spiro atoms. The largest absolute Gasteiger partial charge is 0.493 e. The van der Waals surface area contributed by atoms with Crippen LogP contribution >= 0.6 is 0 Å². The van der Waals surface area contributed by atoms with Gasteiger partial charge in [-0.15, -0.1) is 0 Å². The van der Waals surface area contributed by atoms with Crippen molar-refractivity contribution >= 4 is 17.4 Å². The Morgan fingerprint density at radius 1 is 0.875 bits per heavy atom. The number of aryl methyl sites for hydroxylation is 1. The van der Waals surface area contributed by atoms with Gasteiger partial charge >= 0.3 is 0 Å². The van der Waals surface area contributed by atoms with E-state index in [2.05, 4.69) is 18.7 Å². The molecular formula is C27H32N2O3. The van der Waals surface area contributed by atoms with Crippen LogP contribution in [0.15, 0.2) is 54.2 Å². The summed E-state index contributed by atoms with van der Waals surface area (Å²) in [6, 6.07) is 15.6. The average Bonchev–Trinajstić information content (AvgIpc) is 3.04. The van der Waals surface area contributed by atoms with E-state index in [0.717, 1.165) is 54.8 Å². The van der Waals surface area contributed by atoms with Crippen LogP contribution in [-0.4, -0.2) is 41.3 Å². The number of amides is 2. The zero-order valence-electron chi connectivity index (χ0n) is 19.3. The third-order valence-electron chi connectivity index (χ3n) is 6.00. The minimum atomic E-state index is -0.216. The number of hydrogen-bond acceptors (Lipinski definition) is 4. The molecule has 4 rings (SSSR count). The van der Waals surface area contributed by atoms with Crippen molar-refractivity contribution in [2.24, 2.45) is 5.92 Å². The Morgan fingerprint density at radius 2 is 1.53 bits per heavy atom. The van der Waals surface area contributed by atoms with Crippen molar-refractivity contribution in [2.75, 3.05) is 19.7 Å². The molecule has 0 unspecified atom stereocenters. The number of piperidine rings is 1. The third kappa shape index (κ3) is 4.72. The van der Waals surface area contributed by atoms with E-state index in [9.17, 15) is 9.59 Å². The van der Waals surface area contributed by atoms with Crippen LogP contribution in [0.4, 0.5) is 0 Å². The van der Waals surface area contributed by atoms with Gasteiger partial charge in [-0.25, -0.2) is 0 Å². The zero-order valence-corrected chi connectivity index (χ0v) is 19.3. The van der Waals surface area contributed by atoms with Crippen LogP contribution in [0.3, 0.4) is 0 Å². The molecule has 0 aromatic heterocycles. The maximum atomic E-state index is 13.5. The van der Waals surface area contributed by atoms with Crippen molar-refractivity contribution in [3.63, 3.8) is 0 Å². The highest BCUT2D eigenvalue weighted by atomic mass is 16.5. The first-order valence-electron chi connectivity index (χ1n) is 11.6. The van der Waals surface area contributed by atoms with Gasteiger partial charge in [0.1, 0.15) is 11.4 Å². The van der Waals surface area contributed by atoms with Crippen LogP contribution in [0, 0.1) is 12.8 Å². The van der Waals surface area contributed by atoms with Gasteiger partial charge < -0.3 is 9.64 Å². The molecule has 2 amide bonds.